The summed E-state index contributed by atoms with van der Waals surface area (Å²) in [5, 5.41) is 0. The normalized spacial score (nSPS) is 19.8. The Hall–Kier alpha value is -1.93. The Bertz CT molecular complexity index is 550. The van der Waals surface area contributed by atoms with E-state index >= 15 is 0 Å². The van der Waals surface area contributed by atoms with E-state index in [2.05, 4.69) is 29.2 Å². The van der Waals surface area contributed by atoms with Gasteiger partial charge in [0.1, 0.15) is 0 Å². The first-order chi connectivity index (χ1) is 9.33. The van der Waals surface area contributed by atoms with Gasteiger partial charge in [-0.25, -0.2) is 0 Å². The number of rotatable bonds is 3. The van der Waals surface area contributed by atoms with Crippen molar-refractivity contribution in [2.75, 3.05) is 13.1 Å². The van der Waals surface area contributed by atoms with Crippen LogP contribution >= 0.6 is 0 Å². The van der Waals surface area contributed by atoms with Crippen LogP contribution in [0.5, 0.6) is 0 Å². The number of nitrogens with zero attached hydrogens (tertiary/aromatic N) is 1. The number of carbonyl (C=O) groups is 1. The molecule has 19 heavy (non-hydrogen) atoms. The average Bonchev–Trinajstić information content (AvgIpc) is 2.82. The Kier molecular flexibility index (Phi) is 3.43. The molecule has 1 fully saturated rings. The smallest absolute Gasteiger partial charge is 0.155 e. The largest absolute Gasteiger partial charge is 0.298 e. The lowest BCUT2D eigenvalue weighted by molar-refractivity contribution is -0.118. The number of Topliss-reactive ketones (excluding diaryl/α,β-unsaturated/α-hetero) is 1. The number of carbonyl (C=O) groups excluding carboxylic acids is 1. The van der Waals surface area contributed by atoms with Crippen molar-refractivity contribution in [3.63, 3.8) is 0 Å². The molecule has 0 N–H and O–H groups in total. The first-order valence-corrected chi connectivity index (χ1v) is 6.67. The maximum atomic E-state index is 12.1. The van der Waals surface area contributed by atoms with Gasteiger partial charge in [-0.2, -0.15) is 0 Å². The lowest BCUT2D eigenvalue weighted by Crippen LogP contribution is -2.20. The highest BCUT2D eigenvalue weighted by atomic mass is 16.1. The molecule has 0 spiro atoms. The van der Waals surface area contributed by atoms with E-state index in [4.69, 9.17) is 0 Å². The first-order valence-electron chi connectivity index (χ1n) is 6.67. The van der Waals surface area contributed by atoms with E-state index in [0.29, 0.717) is 12.3 Å². The van der Waals surface area contributed by atoms with Crippen molar-refractivity contribution in [3.8, 4) is 0 Å². The predicted molar refractivity (Wildman–Crippen MR) is 75.9 cm³/mol. The molecule has 0 radical (unpaired) electrons. The van der Waals surface area contributed by atoms with Crippen LogP contribution in [0.4, 0.5) is 0 Å². The molecule has 1 atom stereocenters. The van der Waals surface area contributed by atoms with E-state index in [1.165, 1.54) is 5.56 Å². The molecule has 1 saturated heterocycles. The van der Waals surface area contributed by atoms with E-state index in [1.54, 1.807) is 0 Å². The van der Waals surface area contributed by atoms with Gasteiger partial charge >= 0.3 is 0 Å². The zero-order chi connectivity index (χ0) is 13.1. The summed E-state index contributed by atoms with van der Waals surface area (Å²) in [5.74, 6) is 0.382. The highest BCUT2D eigenvalue weighted by molar-refractivity contribution is 5.89. The van der Waals surface area contributed by atoms with Gasteiger partial charge in [-0.05, 0) is 11.1 Å². The molecular weight excluding hydrogens is 234 g/mol. The zero-order valence-corrected chi connectivity index (χ0v) is 10.8. The third kappa shape index (κ3) is 2.74. The lowest BCUT2D eigenvalue weighted by atomic mass is 9.98. The Morgan fingerprint density at radius 2 is 1.58 bits per heavy atom. The molecule has 1 unspecified atom stereocenters. The van der Waals surface area contributed by atoms with Gasteiger partial charge < -0.3 is 0 Å². The van der Waals surface area contributed by atoms with Crippen LogP contribution in [0.3, 0.4) is 0 Å². The summed E-state index contributed by atoms with van der Waals surface area (Å²) < 4.78 is 0. The van der Waals surface area contributed by atoms with Gasteiger partial charge in [0.2, 0.25) is 0 Å². The summed E-state index contributed by atoms with van der Waals surface area (Å²) in [7, 11) is 0. The monoisotopic (exact) mass is 251 g/mol. The van der Waals surface area contributed by atoms with E-state index in [0.717, 1.165) is 18.7 Å². The van der Waals surface area contributed by atoms with Crippen molar-refractivity contribution in [3.05, 3.63) is 71.8 Å². The molecule has 3 rings (SSSR count). The van der Waals surface area contributed by atoms with Crippen molar-refractivity contribution in [2.45, 2.75) is 12.5 Å². The van der Waals surface area contributed by atoms with Crippen molar-refractivity contribution in [1.82, 2.24) is 4.90 Å². The molecule has 0 aliphatic carbocycles. The summed E-state index contributed by atoms with van der Waals surface area (Å²) >= 11 is 0. The second-order valence-electron chi connectivity index (χ2n) is 5.08. The van der Waals surface area contributed by atoms with Gasteiger partial charge in [0.15, 0.2) is 5.78 Å². The third-order valence-electron chi connectivity index (χ3n) is 3.66. The number of ketones is 1. The topological polar surface area (TPSA) is 20.3 Å². The summed E-state index contributed by atoms with van der Waals surface area (Å²) in [6.45, 7) is 2.25. The summed E-state index contributed by atoms with van der Waals surface area (Å²) in [6.07, 6.45) is 0. The first kappa shape index (κ1) is 12.1. The second-order valence-corrected chi connectivity index (χ2v) is 5.08. The highest BCUT2D eigenvalue weighted by Crippen LogP contribution is 2.25. The SMILES string of the molecule is O=C1CN(Cc2ccccc2)CC1c1ccccc1. The molecule has 2 nitrogen and oxygen atoms in total. The molecule has 0 bridgehead atoms. The summed E-state index contributed by atoms with van der Waals surface area (Å²) in [6, 6.07) is 20.4. The van der Waals surface area contributed by atoms with E-state index in [-0.39, 0.29) is 5.92 Å². The van der Waals surface area contributed by atoms with Crippen LogP contribution in [0.25, 0.3) is 0 Å². The molecule has 2 aromatic carbocycles. The molecular formula is C17H17NO. The Morgan fingerprint density at radius 3 is 2.26 bits per heavy atom. The molecule has 96 valence electrons. The van der Waals surface area contributed by atoms with Gasteiger partial charge in [-0.3, -0.25) is 9.69 Å². The maximum Gasteiger partial charge on any atom is 0.155 e. The van der Waals surface area contributed by atoms with Crippen molar-refractivity contribution in [2.24, 2.45) is 0 Å². The molecule has 0 saturated carbocycles. The fraction of sp³-hybridized carbons (Fsp3) is 0.235. The zero-order valence-electron chi connectivity index (χ0n) is 10.8. The third-order valence-corrected chi connectivity index (χ3v) is 3.66. The molecule has 2 aromatic rings. The van der Waals surface area contributed by atoms with Gasteiger partial charge in [-0.1, -0.05) is 60.7 Å². The average molecular weight is 251 g/mol. The summed E-state index contributed by atoms with van der Waals surface area (Å²) in [5.41, 5.74) is 2.41. The minimum atomic E-state index is 0.0462. The van der Waals surface area contributed by atoms with Crippen molar-refractivity contribution < 1.29 is 4.79 Å². The van der Waals surface area contributed by atoms with Gasteiger partial charge in [-0.15, -0.1) is 0 Å². The number of hydrogen-bond acceptors (Lipinski definition) is 2. The van der Waals surface area contributed by atoms with E-state index in [9.17, 15) is 4.79 Å². The Morgan fingerprint density at radius 1 is 0.947 bits per heavy atom. The number of hydrogen-bond donors (Lipinski definition) is 0. The van der Waals surface area contributed by atoms with Crippen LogP contribution in [0, 0.1) is 0 Å². The fourth-order valence-electron chi connectivity index (χ4n) is 2.69. The second kappa shape index (κ2) is 5.37. The minimum Gasteiger partial charge on any atom is -0.298 e. The number of likely N-dealkylation sites (tertiary alicyclic amines) is 1. The Labute approximate surface area is 113 Å². The van der Waals surface area contributed by atoms with Gasteiger partial charge in [0, 0.05) is 13.1 Å². The van der Waals surface area contributed by atoms with Crippen molar-refractivity contribution in [1.29, 1.82) is 0 Å². The number of benzene rings is 2. The van der Waals surface area contributed by atoms with Gasteiger partial charge in [0.25, 0.3) is 0 Å². The van der Waals surface area contributed by atoms with E-state index in [1.807, 2.05) is 36.4 Å². The van der Waals surface area contributed by atoms with E-state index < -0.39 is 0 Å². The predicted octanol–water partition coefficient (Wildman–Crippen LogP) is 2.86. The van der Waals surface area contributed by atoms with Crippen LogP contribution in [-0.4, -0.2) is 23.8 Å². The molecule has 1 aliphatic rings. The maximum absolute atomic E-state index is 12.1. The van der Waals surface area contributed by atoms with Gasteiger partial charge in [0.05, 0.1) is 12.5 Å². The molecule has 1 heterocycles. The van der Waals surface area contributed by atoms with Crippen LogP contribution in [0.2, 0.25) is 0 Å². The fourth-order valence-corrected chi connectivity index (χ4v) is 2.69. The minimum absolute atomic E-state index is 0.0462. The van der Waals surface area contributed by atoms with Crippen molar-refractivity contribution >= 4 is 5.78 Å². The summed E-state index contributed by atoms with van der Waals surface area (Å²) in [4.78, 5) is 14.4. The molecule has 0 aromatic heterocycles. The highest BCUT2D eigenvalue weighted by Gasteiger charge is 2.31. The molecule has 0 amide bonds. The molecule has 2 heteroatoms. The van der Waals surface area contributed by atoms with Crippen LogP contribution in [0.15, 0.2) is 60.7 Å². The lowest BCUT2D eigenvalue weighted by Gasteiger charge is -2.15. The van der Waals surface area contributed by atoms with Crippen LogP contribution in [0.1, 0.15) is 17.0 Å². The van der Waals surface area contributed by atoms with Crippen LogP contribution < -0.4 is 0 Å². The standard InChI is InChI=1S/C17H17NO/c19-17-13-18(11-14-7-3-1-4-8-14)12-16(17)15-9-5-2-6-10-15/h1-10,16H,11-13H2. The molecule has 1 aliphatic heterocycles. The Balaban J connectivity index is 1.70. The van der Waals surface area contributed by atoms with Crippen LogP contribution in [-0.2, 0) is 11.3 Å². The quantitative estimate of drug-likeness (QED) is 0.836.